The van der Waals surface area contributed by atoms with Crippen LogP contribution in [0.25, 0.3) is 20.2 Å². The Balaban J connectivity index is 1.62. The van der Waals surface area contributed by atoms with Crippen molar-refractivity contribution in [1.82, 2.24) is 10.5 Å². The van der Waals surface area contributed by atoms with Gasteiger partial charge in [-0.1, -0.05) is 47.5 Å². The molecular weight excluding hydrogens is 445 g/mol. The number of halogens is 2. The summed E-state index contributed by atoms with van der Waals surface area (Å²) in [5.41, 5.74) is 4.16. The van der Waals surface area contributed by atoms with Gasteiger partial charge in [0.25, 0.3) is 5.91 Å². The zero-order valence-corrected chi connectivity index (χ0v) is 18.0. The topological polar surface area (TPSA) is 80.3 Å². The van der Waals surface area contributed by atoms with Gasteiger partial charge in [0.15, 0.2) is 0 Å². The zero-order valence-electron chi connectivity index (χ0n) is 15.7. The number of anilines is 1. The summed E-state index contributed by atoms with van der Waals surface area (Å²) in [5.74, 6) is -0.547. The van der Waals surface area contributed by atoms with E-state index in [4.69, 9.17) is 28.0 Å². The molecule has 2 aromatic heterocycles. The van der Waals surface area contributed by atoms with Crippen molar-refractivity contribution in [2.45, 2.75) is 13.5 Å². The third-order valence-electron chi connectivity index (χ3n) is 4.41. The first kappa shape index (κ1) is 20.6. The number of hydrogen-bond acceptors (Lipinski definition) is 5. The van der Waals surface area contributed by atoms with Crippen LogP contribution in [-0.2, 0) is 16.2 Å². The number of nitrogens with zero attached hydrogens (tertiary/aromatic N) is 1. The maximum absolute atomic E-state index is 12.8. The predicted octanol–water partition coefficient (Wildman–Crippen LogP) is 5.58. The lowest BCUT2D eigenvalue weighted by Crippen LogP contribution is -2.23. The Kier molecular flexibility index (Phi) is 5.87. The summed E-state index contributed by atoms with van der Waals surface area (Å²) in [6, 6.07) is 11.2. The number of benzene rings is 2. The molecule has 6 nitrogen and oxygen atoms in total. The minimum absolute atomic E-state index is 0.000991. The fourth-order valence-electron chi connectivity index (χ4n) is 3.09. The van der Waals surface area contributed by atoms with E-state index < -0.39 is 5.91 Å². The minimum Gasteiger partial charge on any atom is -0.325 e. The van der Waals surface area contributed by atoms with Crippen LogP contribution in [0.4, 0.5) is 5.69 Å². The van der Waals surface area contributed by atoms with Gasteiger partial charge in [-0.25, -0.2) is 5.48 Å². The summed E-state index contributed by atoms with van der Waals surface area (Å²) in [6.45, 7) is 1.46. The molecular formula is C21H15Cl2N3O3S. The van der Waals surface area contributed by atoms with Gasteiger partial charge in [-0.2, -0.15) is 0 Å². The van der Waals surface area contributed by atoms with Crippen molar-refractivity contribution >= 4 is 72.2 Å². The lowest BCUT2D eigenvalue weighted by molar-refractivity contribution is -0.114. The fourth-order valence-corrected chi connectivity index (χ4v) is 4.85. The molecule has 0 fully saturated rings. The van der Waals surface area contributed by atoms with Crippen LogP contribution >= 0.6 is 34.5 Å². The first-order valence-corrected chi connectivity index (χ1v) is 10.4. The Hall–Kier alpha value is -2.71. The number of hydrogen-bond donors (Lipinski definition) is 2. The van der Waals surface area contributed by atoms with E-state index in [9.17, 15) is 9.59 Å². The van der Waals surface area contributed by atoms with Crippen LogP contribution in [0.1, 0.15) is 22.8 Å². The second kappa shape index (κ2) is 8.57. The van der Waals surface area contributed by atoms with Crippen molar-refractivity contribution in [3.63, 3.8) is 0 Å². The molecule has 0 aliphatic carbocycles. The normalized spacial score (nSPS) is 11.0. The number of nitrogens with one attached hydrogen (secondary N) is 2. The summed E-state index contributed by atoms with van der Waals surface area (Å²) in [6.07, 6.45) is 2.91. The van der Waals surface area contributed by atoms with Gasteiger partial charge >= 0.3 is 0 Å². The van der Waals surface area contributed by atoms with Gasteiger partial charge in [-0.15, -0.1) is 11.3 Å². The van der Waals surface area contributed by atoms with Crippen LogP contribution in [0.2, 0.25) is 10.0 Å². The highest BCUT2D eigenvalue weighted by Crippen LogP contribution is 2.39. The summed E-state index contributed by atoms with van der Waals surface area (Å²) in [5, 5.41) is 5.44. The van der Waals surface area contributed by atoms with Gasteiger partial charge in [-0.3, -0.25) is 19.4 Å². The van der Waals surface area contributed by atoms with Gasteiger partial charge in [0.2, 0.25) is 5.91 Å². The highest BCUT2D eigenvalue weighted by Gasteiger charge is 2.17. The highest BCUT2D eigenvalue weighted by molar-refractivity contribution is 7.26. The van der Waals surface area contributed by atoms with Crippen molar-refractivity contribution < 1.29 is 14.4 Å². The lowest BCUT2D eigenvalue weighted by atomic mass is 10.1. The van der Waals surface area contributed by atoms with Crippen molar-refractivity contribution in [2.24, 2.45) is 0 Å². The molecule has 0 atom stereocenters. The molecule has 0 spiro atoms. The molecule has 2 N–H and O–H groups in total. The SMILES string of the molecule is CC(=O)Nc1cccc2c1sc1c(C(=O)NOCc3c(Cl)cncc3Cl)cccc12. The van der Waals surface area contributed by atoms with Crippen molar-refractivity contribution in [3.8, 4) is 0 Å². The fraction of sp³-hybridized carbons (Fsp3) is 0.0952. The smallest absolute Gasteiger partial charge is 0.276 e. The summed E-state index contributed by atoms with van der Waals surface area (Å²) < 4.78 is 1.70. The molecule has 0 saturated heterocycles. The largest absolute Gasteiger partial charge is 0.325 e. The van der Waals surface area contributed by atoms with E-state index in [1.54, 1.807) is 6.07 Å². The number of thiophene rings is 1. The predicted molar refractivity (Wildman–Crippen MR) is 120 cm³/mol. The third kappa shape index (κ3) is 3.97. The Morgan fingerprint density at radius 2 is 1.70 bits per heavy atom. The first-order chi connectivity index (χ1) is 14.5. The number of amides is 2. The summed E-state index contributed by atoms with van der Waals surface area (Å²) in [7, 11) is 0. The number of carbonyl (C=O) groups is 2. The molecule has 4 rings (SSSR count). The number of aromatic nitrogens is 1. The molecule has 0 radical (unpaired) electrons. The number of carbonyl (C=O) groups excluding carboxylic acids is 2. The van der Waals surface area contributed by atoms with E-state index in [0.29, 0.717) is 26.9 Å². The van der Waals surface area contributed by atoms with Crippen LogP contribution in [0, 0.1) is 0 Å². The second-order valence-corrected chi connectivity index (χ2v) is 8.28. The number of hydroxylamine groups is 1. The quantitative estimate of drug-likeness (QED) is 0.382. The van der Waals surface area contributed by atoms with E-state index in [1.165, 1.54) is 30.7 Å². The highest BCUT2D eigenvalue weighted by atomic mass is 35.5. The molecule has 2 amide bonds. The van der Waals surface area contributed by atoms with Crippen molar-refractivity contribution in [1.29, 1.82) is 0 Å². The molecule has 0 saturated carbocycles. The molecule has 9 heteroatoms. The monoisotopic (exact) mass is 459 g/mol. The Bertz CT molecular complexity index is 1270. The van der Waals surface area contributed by atoms with E-state index in [0.717, 1.165) is 20.2 Å². The first-order valence-electron chi connectivity index (χ1n) is 8.87. The van der Waals surface area contributed by atoms with Gasteiger partial charge in [0.05, 0.1) is 26.0 Å². The molecule has 0 unspecified atom stereocenters. The number of rotatable bonds is 5. The summed E-state index contributed by atoms with van der Waals surface area (Å²) in [4.78, 5) is 33.5. The summed E-state index contributed by atoms with van der Waals surface area (Å²) >= 11 is 13.6. The van der Waals surface area contributed by atoms with E-state index >= 15 is 0 Å². The molecule has 0 bridgehead atoms. The van der Waals surface area contributed by atoms with Gasteiger partial charge in [0, 0.05) is 40.4 Å². The maximum atomic E-state index is 12.8. The molecule has 4 aromatic rings. The second-order valence-electron chi connectivity index (χ2n) is 6.45. The van der Waals surface area contributed by atoms with Gasteiger partial charge in [0.1, 0.15) is 6.61 Å². The zero-order chi connectivity index (χ0) is 21.3. The molecule has 2 aromatic carbocycles. The van der Waals surface area contributed by atoms with E-state index in [1.807, 2.05) is 30.3 Å². The average Bonchev–Trinajstić information content (AvgIpc) is 3.09. The lowest BCUT2D eigenvalue weighted by Gasteiger charge is -2.09. The van der Waals surface area contributed by atoms with Crippen LogP contribution in [0.3, 0.4) is 0 Å². The van der Waals surface area contributed by atoms with Crippen LogP contribution in [-0.4, -0.2) is 16.8 Å². The number of pyridine rings is 1. The van der Waals surface area contributed by atoms with E-state index in [2.05, 4.69) is 15.8 Å². The van der Waals surface area contributed by atoms with Crippen molar-refractivity contribution in [3.05, 3.63) is 70.0 Å². The standard InChI is InChI=1S/C21H15Cl2N3O3S/c1-11(27)25-18-7-3-5-13-12-4-2-6-14(19(12)30-20(13)18)21(28)26-29-10-15-16(22)8-24-9-17(15)23/h2-9H,10H2,1H3,(H,25,27)(H,26,28). The minimum atomic E-state index is -0.394. The van der Waals surface area contributed by atoms with Crippen LogP contribution in [0.15, 0.2) is 48.8 Å². The molecule has 0 aliphatic rings. The molecule has 30 heavy (non-hydrogen) atoms. The van der Waals surface area contributed by atoms with Gasteiger partial charge < -0.3 is 5.32 Å². The Labute approximate surface area is 185 Å². The average molecular weight is 460 g/mol. The van der Waals surface area contributed by atoms with Crippen LogP contribution in [0.5, 0.6) is 0 Å². The van der Waals surface area contributed by atoms with Crippen molar-refractivity contribution in [2.75, 3.05) is 5.32 Å². The van der Waals surface area contributed by atoms with Crippen LogP contribution < -0.4 is 10.8 Å². The molecule has 0 aliphatic heterocycles. The maximum Gasteiger partial charge on any atom is 0.276 e. The van der Waals surface area contributed by atoms with E-state index in [-0.39, 0.29) is 12.5 Å². The number of fused-ring (bicyclic) bond motifs is 3. The molecule has 152 valence electrons. The third-order valence-corrected chi connectivity index (χ3v) is 6.35. The molecule has 2 heterocycles. The van der Waals surface area contributed by atoms with Gasteiger partial charge in [-0.05, 0) is 12.1 Å². The Morgan fingerprint density at radius 3 is 2.40 bits per heavy atom. The Morgan fingerprint density at radius 1 is 1.03 bits per heavy atom.